The molecule has 8 aromatic rings. The van der Waals surface area contributed by atoms with Gasteiger partial charge in [-0.3, -0.25) is 9.69 Å². The highest BCUT2D eigenvalue weighted by atomic mass is 16.5. The lowest BCUT2D eigenvalue weighted by molar-refractivity contribution is -0.117. The molecular formula is C47H46N4O6. The van der Waals surface area contributed by atoms with E-state index in [1.807, 2.05) is 17.0 Å². The number of amides is 3. The molecule has 0 atom stereocenters. The predicted molar refractivity (Wildman–Crippen MR) is 229 cm³/mol. The lowest BCUT2D eigenvalue weighted by atomic mass is 9.93. The molecule has 290 valence electrons. The van der Waals surface area contributed by atoms with Crippen LogP contribution in [0.15, 0.2) is 109 Å². The highest BCUT2D eigenvalue weighted by Gasteiger charge is 2.18. The van der Waals surface area contributed by atoms with Crippen LogP contribution in [0.4, 0.5) is 16.2 Å². The van der Waals surface area contributed by atoms with E-state index in [0.717, 1.165) is 38.3 Å². The van der Waals surface area contributed by atoms with Crippen LogP contribution in [0.3, 0.4) is 0 Å². The molecule has 0 bridgehead atoms. The summed E-state index contributed by atoms with van der Waals surface area (Å²) in [5, 5.41) is 20.2. The lowest BCUT2D eigenvalue weighted by Crippen LogP contribution is -2.40. The number of nitrogens with zero attached hydrogens (tertiary/aromatic N) is 2. The first-order chi connectivity index (χ1) is 28.1. The second-order valence-corrected chi connectivity index (χ2v) is 14.6. The molecule has 0 spiro atoms. The van der Waals surface area contributed by atoms with Crippen molar-refractivity contribution in [3.8, 4) is 0 Å². The van der Waals surface area contributed by atoms with Gasteiger partial charge >= 0.3 is 6.03 Å². The number of ether oxygens (including phenoxy) is 4. The molecular weight excluding hydrogens is 717 g/mol. The minimum Gasteiger partial charge on any atom is -0.378 e. The Hall–Kier alpha value is -5.62. The SMILES string of the molecule is O=C(CN1CCOCCOCCN(C(=O)Nc2ccc3ccc4cccc5ccc2c3c45)CCOCCOCC1)Nc1ccc2ccc3cccc4ccc1c2c34. The quantitative estimate of drug-likeness (QED) is 0.174. The van der Waals surface area contributed by atoms with Crippen LogP contribution in [0.1, 0.15) is 0 Å². The number of hydrogen-bond donors (Lipinski definition) is 2. The van der Waals surface area contributed by atoms with Crippen molar-refractivity contribution in [3.05, 3.63) is 109 Å². The summed E-state index contributed by atoms with van der Waals surface area (Å²) in [7, 11) is 0. The number of anilines is 2. The Morgan fingerprint density at radius 2 is 0.825 bits per heavy atom. The Kier molecular flexibility index (Phi) is 10.9. The molecule has 10 heteroatoms. The molecule has 10 nitrogen and oxygen atoms in total. The molecule has 0 aromatic heterocycles. The number of urea groups is 1. The summed E-state index contributed by atoms with van der Waals surface area (Å²) < 4.78 is 23.7. The molecule has 1 aliphatic heterocycles. The molecule has 0 aliphatic carbocycles. The first-order valence-electron chi connectivity index (χ1n) is 19.8. The van der Waals surface area contributed by atoms with Gasteiger partial charge in [-0.15, -0.1) is 0 Å². The molecule has 1 saturated heterocycles. The van der Waals surface area contributed by atoms with E-state index in [1.165, 1.54) is 37.7 Å². The minimum atomic E-state index is -0.206. The van der Waals surface area contributed by atoms with Gasteiger partial charge in [-0.2, -0.15) is 0 Å². The van der Waals surface area contributed by atoms with Gasteiger partial charge in [-0.05, 0) is 66.0 Å². The maximum Gasteiger partial charge on any atom is 0.322 e. The fourth-order valence-corrected chi connectivity index (χ4v) is 8.24. The van der Waals surface area contributed by atoms with Gasteiger partial charge in [0.05, 0.1) is 65.1 Å². The molecule has 57 heavy (non-hydrogen) atoms. The number of hydrogen-bond acceptors (Lipinski definition) is 7. The van der Waals surface area contributed by atoms with E-state index in [2.05, 4.69) is 108 Å². The smallest absolute Gasteiger partial charge is 0.322 e. The predicted octanol–water partition coefficient (Wildman–Crippen LogP) is 8.34. The van der Waals surface area contributed by atoms with Crippen LogP contribution in [0.25, 0.3) is 64.6 Å². The van der Waals surface area contributed by atoms with Crippen molar-refractivity contribution in [1.29, 1.82) is 0 Å². The first kappa shape index (κ1) is 37.0. The zero-order valence-electron chi connectivity index (χ0n) is 31.9. The third kappa shape index (κ3) is 7.87. The zero-order valence-corrected chi connectivity index (χ0v) is 31.9. The van der Waals surface area contributed by atoms with Crippen LogP contribution < -0.4 is 10.6 Å². The summed E-state index contributed by atoms with van der Waals surface area (Å²) in [4.78, 5) is 31.0. The Bertz CT molecular complexity index is 2610. The van der Waals surface area contributed by atoms with Crippen molar-refractivity contribution in [2.45, 2.75) is 0 Å². The number of carbonyl (C=O) groups excluding carboxylic acids is 2. The van der Waals surface area contributed by atoms with E-state index in [0.29, 0.717) is 79.0 Å². The fourth-order valence-electron chi connectivity index (χ4n) is 8.24. The summed E-state index contributed by atoms with van der Waals surface area (Å²) in [6.45, 7) is 5.27. The van der Waals surface area contributed by atoms with E-state index in [4.69, 9.17) is 18.9 Å². The van der Waals surface area contributed by atoms with Gasteiger partial charge in [0.2, 0.25) is 5.91 Å². The number of benzene rings is 8. The maximum atomic E-state index is 13.7. The second kappa shape index (κ2) is 16.9. The average molecular weight is 763 g/mol. The van der Waals surface area contributed by atoms with Gasteiger partial charge in [0.1, 0.15) is 0 Å². The van der Waals surface area contributed by atoms with Crippen LogP contribution >= 0.6 is 0 Å². The van der Waals surface area contributed by atoms with Crippen molar-refractivity contribution in [3.63, 3.8) is 0 Å². The zero-order chi connectivity index (χ0) is 38.6. The number of rotatable bonds is 4. The lowest BCUT2D eigenvalue weighted by Gasteiger charge is -2.24. The van der Waals surface area contributed by atoms with Gasteiger partial charge < -0.3 is 34.5 Å². The van der Waals surface area contributed by atoms with Crippen LogP contribution in [-0.2, 0) is 23.7 Å². The van der Waals surface area contributed by atoms with Crippen molar-refractivity contribution < 1.29 is 28.5 Å². The Morgan fingerprint density at radius 3 is 1.30 bits per heavy atom. The summed E-state index contributed by atoms with van der Waals surface area (Å²) in [5.74, 6) is -0.0911. The van der Waals surface area contributed by atoms with Gasteiger partial charge in [0.15, 0.2) is 0 Å². The highest BCUT2D eigenvalue weighted by molar-refractivity contribution is 6.27. The molecule has 8 aromatic carbocycles. The van der Waals surface area contributed by atoms with E-state index < -0.39 is 0 Å². The number of nitrogens with one attached hydrogen (secondary N) is 2. The van der Waals surface area contributed by atoms with E-state index in [-0.39, 0.29) is 18.5 Å². The van der Waals surface area contributed by atoms with E-state index in [9.17, 15) is 9.59 Å². The second-order valence-electron chi connectivity index (χ2n) is 14.6. The standard InChI is InChI=1S/C47H46N4O6/c52-42(48-40-17-13-36-9-7-32-3-1-5-34-11-15-38(40)45(36)43(32)34)31-50-19-23-54-27-29-56-25-21-51(22-26-57-30-28-55-24-20-50)47(53)49-41-18-14-37-10-8-33-4-2-6-35-12-16-39(41)46(37)44(33)35/h1-18H,19-31H2,(H,48,52)(H,49,53). The van der Waals surface area contributed by atoms with E-state index in [1.54, 1.807) is 4.90 Å². The summed E-state index contributed by atoms with van der Waals surface area (Å²) in [5.41, 5.74) is 1.57. The van der Waals surface area contributed by atoms with Crippen LogP contribution in [0.5, 0.6) is 0 Å². The largest absolute Gasteiger partial charge is 0.378 e. The molecule has 0 unspecified atom stereocenters. The van der Waals surface area contributed by atoms with Gasteiger partial charge in [0.25, 0.3) is 0 Å². The topological polar surface area (TPSA) is 102 Å². The summed E-state index contributed by atoms with van der Waals surface area (Å²) >= 11 is 0. The Morgan fingerprint density at radius 1 is 0.439 bits per heavy atom. The molecule has 0 saturated carbocycles. The van der Waals surface area contributed by atoms with Gasteiger partial charge in [0, 0.05) is 42.6 Å². The third-order valence-electron chi connectivity index (χ3n) is 11.1. The normalized spacial score (nSPS) is 16.5. The molecule has 1 heterocycles. The third-order valence-corrected chi connectivity index (χ3v) is 11.1. The van der Waals surface area contributed by atoms with Crippen molar-refractivity contribution in [2.24, 2.45) is 0 Å². The van der Waals surface area contributed by atoms with E-state index >= 15 is 0 Å². The molecule has 1 fully saturated rings. The van der Waals surface area contributed by atoms with Gasteiger partial charge in [-0.25, -0.2) is 4.79 Å². The Balaban J connectivity index is 0.793. The molecule has 1 aliphatic rings. The van der Waals surface area contributed by atoms with Crippen LogP contribution in [0, 0.1) is 0 Å². The van der Waals surface area contributed by atoms with Crippen molar-refractivity contribution >= 4 is 87.9 Å². The average Bonchev–Trinajstić information content (AvgIpc) is 3.23. The van der Waals surface area contributed by atoms with Crippen molar-refractivity contribution in [2.75, 3.05) is 96.2 Å². The minimum absolute atomic E-state index is 0.0911. The van der Waals surface area contributed by atoms with Crippen molar-refractivity contribution in [1.82, 2.24) is 9.80 Å². The van der Waals surface area contributed by atoms with Gasteiger partial charge in [-0.1, -0.05) is 97.1 Å². The molecule has 0 radical (unpaired) electrons. The number of carbonyl (C=O) groups is 2. The molecule has 2 N–H and O–H groups in total. The highest BCUT2D eigenvalue weighted by Crippen LogP contribution is 2.39. The van der Waals surface area contributed by atoms with Crippen LogP contribution in [-0.4, -0.2) is 107 Å². The summed E-state index contributed by atoms with van der Waals surface area (Å²) in [6, 6.07) is 37.6. The maximum absolute atomic E-state index is 13.7. The summed E-state index contributed by atoms with van der Waals surface area (Å²) in [6.07, 6.45) is 0. The first-order valence-corrected chi connectivity index (χ1v) is 19.8. The molecule has 9 rings (SSSR count). The molecule has 3 amide bonds. The Labute approximate surface area is 330 Å². The monoisotopic (exact) mass is 762 g/mol. The van der Waals surface area contributed by atoms with Crippen LogP contribution in [0.2, 0.25) is 0 Å². The fraction of sp³-hybridized carbons (Fsp3) is 0.277.